The van der Waals surface area contributed by atoms with Gasteiger partial charge in [0.2, 0.25) is 5.91 Å². The molecule has 3 rings (SSSR count). The number of hydrogen-bond donors (Lipinski definition) is 1. The Morgan fingerprint density at radius 1 is 1.00 bits per heavy atom. The van der Waals surface area contributed by atoms with Crippen LogP contribution in [0, 0.1) is 5.92 Å². The third-order valence-electron chi connectivity index (χ3n) is 4.18. The van der Waals surface area contributed by atoms with Gasteiger partial charge in [-0.1, -0.05) is 62.4 Å². The molecular formula is C20H21NO3. The smallest absolute Gasteiger partial charge is 0.413 e. The van der Waals surface area contributed by atoms with Crippen LogP contribution in [0.15, 0.2) is 48.5 Å². The number of hydrogen-bond acceptors (Lipinski definition) is 3. The monoisotopic (exact) mass is 323 g/mol. The molecule has 0 heterocycles. The fourth-order valence-electron chi connectivity index (χ4n) is 3.17. The van der Waals surface area contributed by atoms with Gasteiger partial charge in [0, 0.05) is 12.3 Å². The number of carbonyl (C=O) groups is 2. The third kappa shape index (κ3) is 3.32. The molecule has 0 aliphatic heterocycles. The number of nitrogens with one attached hydrogen (secondary N) is 1. The standard InChI is InChI=1S/C20H21NO3/c1-13(2)11-19(22)21-20(23)24-12-18-16-9-5-3-7-14(16)15-8-4-6-10-17(15)18/h3-10,13,18H,11-12H2,1-2H3,(H,21,22,23). The second-order valence-corrected chi connectivity index (χ2v) is 6.47. The lowest BCUT2D eigenvalue weighted by molar-refractivity contribution is -0.121. The minimum absolute atomic E-state index is 0.00310. The van der Waals surface area contributed by atoms with Crippen molar-refractivity contribution >= 4 is 12.0 Å². The first-order valence-corrected chi connectivity index (χ1v) is 8.21. The van der Waals surface area contributed by atoms with Crippen LogP contribution in [0.1, 0.15) is 37.3 Å². The summed E-state index contributed by atoms with van der Waals surface area (Å²) in [4.78, 5) is 23.5. The third-order valence-corrected chi connectivity index (χ3v) is 4.18. The largest absolute Gasteiger partial charge is 0.448 e. The zero-order valence-electron chi connectivity index (χ0n) is 13.9. The Bertz CT molecular complexity index is 721. The number of benzene rings is 2. The summed E-state index contributed by atoms with van der Waals surface area (Å²) in [5.74, 6) is -0.100. The van der Waals surface area contributed by atoms with Gasteiger partial charge in [-0.2, -0.15) is 0 Å². The molecule has 1 N–H and O–H groups in total. The molecule has 24 heavy (non-hydrogen) atoms. The lowest BCUT2D eigenvalue weighted by atomic mass is 9.98. The predicted molar refractivity (Wildman–Crippen MR) is 92.7 cm³/mol. The van der Waals surface area contributed by atoms with E-state index in [2.05, 4.69) is 29.6 Å². The number of amides is 2. The average molecular weight is 323 g/mol. The second-order valence-electron chi connectivity index (χ2n) is 6.47. The van der Waals surface area contributed by atoms with Crippen molar-refractivity contribution < 1.29 is 14.3 Å². The van der Waals surface area contributed by atoms with Crippen molar-refractivity contribution in [1.82, 2.24) is 5.32 Å². The van der Waals surface area contributed by atoms with Gasteiger partial charge in [-0.05, 0) is 28.2 Å². The summed E-state index contributed by atoms with van der Waals surface area (Å²) >= 11 is 0. The van der Waals surface area contributed by atoms with Crippen LogP contribution in [-0.2, 0) is 9.53 Å². The Morgan fingerprint density at radius 2 is 1.54 bits per heavy atom. The highest BCUT2D eigenvalue weighted by Crippen LogP contribution is 2.44. The van der Waals surface area contributed by atoms with Gasteiger partial charge in [-0.3, -0.25) is 10.1 Å². The first kappa shape index (κ1) is 16.2. The number of alkyl carbamates (subject to hydrolysis) is 1. The minimum atomic E-state index is -0.678. The van der Waals surface area contributed by atoms with Crippen molar-refractivity contribution in [3.05, 3.63) is 59.7 Å². The molecule has 0 aromatic heterocycles. The quantitative estimate of drug-likeness (QED) is 0.921. The first-order chi connectivity index (χ1) is 11.6. The van der Waals surface area contributed by atoms with Gasteiger partial charge in [0.1, 0.15) is 6.61 Å². The maximum Gasteiger partial charge on any atom is 0.413 e. The fraction of sp³-hybridized carbons (Fsp3) is 0.300. The summed E-state index contributed by atoms with van der Waals surface area (Å²) in [7, 11) is 0. The van der Waals surface area contributed by atoms with Gasteiger partial charge < -0.3 is 4.74 Å². The van der Waals surface area contributed by atoms with Crippen molar-refractivity contribution in [2.45, 2.75) is 26.2 Å². The summed E-state index contributed by atoms with van der Waals surface area (Å²) in [6.45, 7) is 4.07. The average Bonchev–Trinajstić information content (AvgIpc) is 2.86. The Morgan fingerprint density at radius 3 is 2.08 bits per heavy atom. The Hall–Kier alpha value is -2.62. The molecule has 0 spiro atoms. The topological polar surface area (TPSA) is 55.4 Å². The zero-order valence-corrected chi connectivity index (χ0v) is 13.9. The van der Waals surface area contributed by atoms with E-state index in [9.17, 15) is 9.59 Å². The van der Waals surface area contributed by atoms with Crippen LogP contribution in [-0.4, -0.2) is 18.6 Å². The molecule has 2 amide bonds. The predicted octanol–water partition coefficient (Wildman–Crippen LogP) is 4.10. The molecule has 0 radical (unpaired) electrons. The molecule has 2 aromatic rings. The molecule has 4 heteroatoms. The number of fused-ring (bicyclic) bond motifs is 3. The van der Waals surface area contributed by atoms with Crippen molar-refractivity contribution in [2.75, 3.05) is 6.61 Å². The van der Waals surface area contributed by atoms with Crippen LogP contribution >= 0.6 is 0 Å². The first-order valence-electron chi connectivity index (χ1n) is 8.21. The maximum absolute atomic E-state index is 11.9. The highest BCUT2D eigenvalue weighted by molar-refractivity contribution is 5.91. The van der Waals surface area contributed by atoms with E-state index in [-0.39, 0.29) is 24.3 Å². The number of ether oxygens (including phenoxy) is 1. The number of rotatable bonds is 4. The van der Waals surface area contributed by atoms with E-state index in [1.807, 2.05) is 38.1 Å². The molecule has 1 aliphatic rings. The van der Waals surface area contributed by atoms with E-state index in [0.29, 0.717) is 6.42 Å². The molecule has 0 saturated heterocycles. The molecule has 0 unspecified atom stereocenters. The molecule has 4 nitrogen and oxygen atoms in total. The minimum Gasteiger partial charge on any atom is -0.448 e. The van der Waals surface area contributed by atoms with E-state index in [1.54, 1.807) is 0 Å². The van der Waals surface area contributed by atoms with E-state index in [1.165, 1.54) is 11.1 Å². The highest BCUT2D eigenvalue weighted by Gasteiger charge is 2.29. The van der Waals surface area contributed by atoms with E-state index in [0.717, 1.165) is 11.1 Å². The number of carbonyl (C=O) groups excluding carboxylic acids is 2. The lowest BCUT2D eigenvalue weighted by Crippen LogP contribution is -2.32. The summed E-state index contributed by atoms with van der Waals surface area (Å²) in [5.41, 5.74) is 4.66. The summed E-state index contributed by atoms with van der Waals surface area (Å²) in [6.07, 6.45) is -0.369. The molecular weight excluding hydrogens is 302 g/mol. The van der Waals surface area contributed by atoms with Crippen molar-refractivity contribution in [1.29, 1.82) is 0 Å². The van der Waals surface area contributed by atoms with Crippen LogP contribution in [0.25, 0.3) is 11.1 Å². The van der Waals surface area contributed by atoms with Crippen LogP contribution in [0.3, 0.4) is 0 Å². The maximum atomic E-state index is 11.9. The number of imide groups is 1. The molecule has 0 fully saturated rings. The van der Waals surface area contributed by atoms with Gasteiger partial charge in [0.05, 0.1) is 0 Å². The van der Waals surface area contributed by atoms with Gasteiger partial charge in [-0.25, -0.2) is 4.79 Å². The second kappa shape index (κ2) is 6.87. The zero-order chi connectivity index (χ0) is 17.1. The van der Waals surface area contributed by atoms with Gasteiger partial charge in [-0.15, -0.1) is 0 Å². The van der Waals surface area contributed by atoms with Crippen molar-refractivity contribution in [2.24, 2.45) is 5.92 Å². The molecule has 0 atom stereocenters. The van der Waals surface area contributed by atoms with Crippen LogP contribution in [0.4, 0.5) is 4.79 Å². The molecule has 0 bridgehead atoms. The normalized spacial score (nSPS) is 12.6. The van der Waals surface area contributed by atoms with E-state index in [4.69, 9.17) is 4.74 Å². The fourth-order valence-corrected chi connectivity index (χ4v) is 3.17. The summed E-state index contributed by atoms with van der Waals surface area (Å²) in [6, 6.07) is 16.3. The van der Waals surface area contributed by atoms with Crippen molar-refractivity contribution in [3.8, 4) is 11.1 Å². The molecule has 2 aromatic carbocycles. The van der Waals surface area contributed by atoms with Gasteiger partial charge in [0.25, 0.3) is 0 Å². The van der Waals surface area contributed by atoms with E-state index < -0.39 is 6.09 Å². The molecule has 124 valence electrons. The highest BCUT2D eigenvalue weighted by atomic mass is 16.5. The van der Waals surface area contributed by atoms with Crippen LogP contribution in [0.2, 0.25) is 0 Å². The van der Waals surface area contributed by atoms with Crippen LogP contribution in [0.5, 0.6) is 0 Å². The van der Waals surface area contributed by atoms with Gasteiger partial charge in [0.15, 0.2) is 0 Å². The summed E-state index contributed by atoms with van der Waals surface area (Å²) < 4.78 is 5.32. The van der Waals surface area contributed by atoms with E-state index >= 15 is 0 Å². The Labute approximate surface area is 141 Å². The summed E-state index contributed by atoms with van der Waals surface area (Å²) in [5, 5.41) is 2.28. The molecule has 0 saturated carbocycles. The SMILES string of the molecule is CC(C)CC(=O)NC(=O)OCC1c2ccccc2-c2ccccc21. The molecule has 1 aliphatic carbocycles. The van der Waals surface area contributed by atoms with Crippen molar-refractivity contribution in [3.63, 3.8) is 0 Å². The Kier molecular flexibility index (Phi) is 4.65. The van der Waals surface area contributed by atoms with Gasteiger partial charge >= 0.3 is 6.09 Å². The Balaban J connectivity index is 1.70. The van der Waals surface area contributed by atoms with Crippen LogP contribution < -0.4 is 5.32 Å². The lowest BCUT2D eigenvalue weighted by Gasteiger charge is -2.14.